The van der Waals surface area contributed by atoms with E-state index in [9.17, 15) is 0 Å². The smallest absolute Gasteiger partial charge is 0.0431 e. The lowest BCUT2D eigenvalue weighted by Crippen LogP contribution is -2.29. The van der Waals surface area contributed by atoms with Crippen molar-refractivity contribution in [3.8, 4) is 0 Å². The summed E-state index contributed by atoms with van der Waals surface area (Å²) in [5.74, 6) is 0.822. The molecule has 92 valence electrons. The molecule has 1 atom stereocenters. The quantitative estimate of drug-likeness (QED) is 0.566. The average Bonchev–Trinajstić information content (AvgIpc) is 2.26. The number of nitrogens with zero attached hydrogens (tertiary/aromatic N) is 1. The number of rotatable bonds is 10. The van der Waals surface area contributed by atoms with E-state index in [1.165, 1.54) is 45.3 Å². The van der Waals surface area contributed by atoms with Crippen molar-refractivity contribution >= 4 is 0 Å². The Morgan fingerprint density at radius 1 is 1.07 bits per heavy atom. The zero-order chi connectivity index (χ0) is 11.5. The van der Waals surface area contributed by atoms with E-state index < -0.39 is 0 Å². The number of hydrogen-bond donors (Lipinski definition) is 1. The van der Waals surface area contributed by atoms with Crippen molar-refractivity contribution in [1.82, 2.24) is 4.90 Å². The summed E-state index contributed by atoms with van der Waals surface area (Å²) < 4.78 is 0. The highest BCUT2D eigenvalue weighted by Crippen LogP contribution is 2.06. The van der Waals surface area contributed by atoms with Crippen LogP contribution in [0.1, 0.15) is 52.9 Å². The molecule has 0 aromatic rings. The largest absolute Gasteiger partial charge is 0.396 e. The van der Waals surface area contributed by atoms with Crippen molar-refractivity contribution in [2.75, 3.05) is 26.2 Å². The van der Waals surface area contributed by atoms with Crippen LogP contribution in [0.25, 0.3) is 0 Å². The molecule has 0 aliphatic carbocycles. The normalized spacial score (nSPS) is 13.4. The summed E-state index contributed by atoms with van der Waals surface area (Å²) >= 11 is 0. The van der Waals surface area contributed by atoms with Crippen molar-refractivity contribution < 1.29 is 5.11 Å². The van der Waals surface area contributed by atoms with Crippen molar-refractivity contribution in [1.29, 1.82) is 0 Å². The van der Waals surface area contributed by atoms with Gasteiger partial charge >= 0.3 is 0 Å². The molecule has 2 nitrogen and oxygen atoms in total. The Labute approximate surface area is 95.7 Å². The van der Waals surface area contributed by atoms with Gasteiger partial charge in [0, 0.05) is 13.2 Å². The van der Waals surface area contributed by atoms with Crippen LogP contribution in [0.5, 0.6) is 0 Å². The van der Waals surface area contributed by atoms with Gasteiger partial charge in [-0.1, -0.05) is 40.0 Å². The minimum Gasteiger partial charge on any atom is -0.396 e. The predicted molar refractivity (Wildman–Crippen MR) is 67.1 cm³/mol. The molecule has 0 saturated carbocycles. The Morgan fingerprint density at radius 3 is 2.27 bits per heavy atom. The standard InChI is InChI=1S/C13H29NO/c1-4-13(3)12-14(5-2)10-8-6-7-9-11-15/h13,15H,4-12H2,1-3H3. The first-order chi connectivity index (χ1) is 7.24. The van der Waals surface area contributed by atoms with Crippen LogP contribution in [-0.4, -0.2) is 36.2 Å². The molecule has 0 spiro atoms. The van der Waals surface area contributed by atoms with Crippen LogP contribution in [0.15, 0.2) is 0 Å². The molecule has 0 amide bonds. The van der Waals surface area contributed by atoms with Gasteiger partial charge in [-0.3, -0.25) is 0 Å². The fraction of sp³-hybridized carbons (Fsp3) is 1.00. The van der Waals surface area contributed by atoms with Gasteiger partial charge in [-0.2, -0.15) is 0 Å². The monoisotopic (exact) mass is 215 g/mol. The van der Waals surface area contributed by atoms with E-state index in [1.807, 2.05) is 0 Å². The topological polar surface area (TPSA) is 23.5 Å². The van der Waals surface area contributed by atoms with Gasteiger partial charge in [-0.15, -0.1) is 0 Å². The molecule has 15 heavy (non-hydrogen) atoms. The zero-order valence-corrected chi connectivity index (χ0v) is 10.8. The molecule has 0 bridgehead atoms. The number of unbranched alkanes of at least 4 members (excludes halogenated alkanes) is 3. The fourth-order valence-corrected chi connectivity index (χ4v) is 1.75. The van der Waals surface area contributed by atoms with Crippen LogP contribution >= 0.6 is 0 Å². The fourth-order valence-electron chi connectivity index (χ4n) is 1.75. The van der Waals surface area contributed by atoms with Gasteiger partial charge in [0.05, 0.1) is 0 Å². The zero-order valence-electron chi connectivity index (χ0n) is 10.8. The van der Waals surface area contributed by atoms with E-state index >= 15 is 0 Å². The van der Waals surface area contributed by atoms with Crippen molar-refractivity contribution in [2.45, 2.75) is 52.9 Å². The molecule has 0 rings (SSSR count). The third-order valence-corrected chi connectivity index (χ3v) is 3.10. The second kappa shape index (κ2) is 10.4. The van der Waals surface area contributed by atoms with E-state index in [0.29, 0.717) is 6.61 Å². The van der Waals surface area contributed by atoms with E-state index in [0.717, 1.165) is 12.3 Å². The summed E-state index contributed by atoms with van der Waals surface area (Å²) in [5, 5.41) is 8.66. The van der Waals surface area contributed by atoms with Gasteiger partial charge in [0.1, 0.15) is 0 Å². The van der Waals surface area contributed by atoms with Gasteiger partial charge in [-0.25, -0.2) is 0 Å². The molecule has 1 N–H and O–H groups in total. The van der Waals surface area contributed by atoms with Crippen molar-refractivity contribution in [3.05, 3.63) is 0 Å². The summed E-state index contributed by atoms with van der Waals surface area (Å²) in [5.41, 5.74) is 0. The number of aliphatic hydroxyl groups excluding tert-OH is 1. The summed E-state index contributed by atoms with van der Waals surface area (Å²) in [6.45, 7) is 10.8. The lowest BCUT2D eigenvalue weighted by molar-refractivity contribution is 0.237. The first-order valence-electron chi connectivity index (χ1n) is 6.57. The van der Waals surface area contributed by atoms with E-state index in [-0.39, 0.29) is 0 Å². The first-order valence-corrected chi connectivity index (χ1v) is 6.57. The molecular formula is C13H29NO. The number of hydrogen-bond acceptors (Lipinski definition) is 2. The highest BCUT2D eigenvalue weighted by atomic mass is 16.2. The molecule has 0 fully saturated rings. The third-order valence-electron chi connectivity index (χ3n) is 3.10. The maximum Gasteiger partial charge on any atom is 0.0431 e. The molecule has 0 aromatic carbocycles. The minimum atomic E-state index is 0.352. The predicted octanol–water partition coefficient (Wildman–Crippen LogP) is 2.91. The SMILES string of the molecule is CCC(C)CN(CC)CCCCCCO. The third kappa shape index (κ3) is 8.88. The van der Waals surface area contributed by atoms with Crippen molar-refractivity contribution in [3.63, 3.8) is 0 Å². The van der Waals surface area contributed by atoms with Crippen LogP contribution in [-0.2, 0) is 0 Å². The molecular weight excluding hydrogens is 186 g/mol. The van der Waals surface area contributed by atoms with Gasteiger partial charge in [0.25, 0.3) is 0 Å². The van der Waals surface area contributed by atoms with Gasteiger partial charge in [-0.05, 0) is 31.8 Å². The van der Waals surface area contributed by atoms with Gasteiger partial charge < -0.3 is 10.0 Å². The maximum absolute atomic E-state index is 8.66. The van der Waals surface area contributed by atoms with Gasteiger partial charge in [0.15, 0.2) is 0 Å². The lowest BCUT2D eigenvalue weighted by atomic mass is 10.1. The Kier molecular flexibility index (Phi) is 10.4. The molecule has 2 heteroatoms. The van der Waals surface area contributed by atoms with Crippen LogP contribution in [0, 0.1) is 5.92 Å². The second-order valence-corrected chi connectivity index (χ2v) is 4.54. The molecule has 1 unspecified atom stereocenters. The Bertz CT molecular complexity index is 128. The first kappa shape index (κ1) is 14.9. The Balaban J connectivity index is 3.44. The van der Waals surface area contributed by atoms with Crippen molar-refractivity contribution in [2.24, 2.45) is 5.92 Å². The van der Waals surface area contributed by atoms with Crippen LogP contribution in [0.2, 0.25) is 0 Å². The molecule has 0 aliphatic heterocycles. The molecule has 0 aromatic heterocycles. The number of aliphatic hydroxyl groups is 1. The van der Waals surface area contributed by atoms with Crippen LogP contribution < -0.4 is 0 Å². The van der Waals surface area contributed by atoms with Gasteiger partial charge in [0.2, 0.25) is 0 Å². The van der Waals surface area contributed by atoms with E-state index in [2.05, 4.69) is 25.7 Å². The maximum atomic E-state index is 8.66. The summed E-state index contributed by atoms with van der Waals surface area (Å²) in [7, 11) is 0. The summed E-state index contributed by atoms with van der Waals surface area (Å²) in [6.07, 6.45) is 5.97. The average molecular weight is 215 g/mol. The van der Waals surface area contributed by atoms with Crippen LogP contribution in [0.3, 0.4) is 0 Å². The second-order valence-electron chi connectivity index (χ2n) is 4.54. The Hall–Kier alpha value is -0.0800. The minimum absolute atomic E-state index is 0.352. The summed E-state index contributed by atoms with van der Waals surface area (Å²) in [4.78, 5) is 2.55. The molecule has 0 saturated heterocycles. The van der Waals surface area contributed by atoms with E-state index in [1.54, 1.807) is 0 Å². The summed E-state index contributed by atoms with van der Waals surface area (Å²) in [6, 6.07) is 0. The van der Waals surface area contributed by atoms with E-state index in [4.69, 9.17) is 5.11 Å². The lowest BCUT2D eigenvalue weighted by Gasteiger charge is -2.23. The highest BCUT2D eigenvalue weighted by Gasteiger charge is 2.06. The van der Waals surface area contributed by atoms with Crippen LogP contribution in [0.4, 0.5) is 0 Å². The molecule has 0 heterocycles. The molecule has 0 aliphatic rings. The molecule has 0 radical (unpaired) electrons. The highest BCUT2D eigenvalue weighted by molar-refractivity contribution is 4.60. The Morgan fingerprint density at radius 2 is 1.73 bits per heavy atom.